The van der Waals surface area contributed by atoms with Crippen molar-refractivity contribution in [1.82, 2.24) is 0 Å². The molecule has 0 saturated heterocycles. The monoisotopic (exact) mass is 310 g/mol. The number of halogens is 6. The Kier molecular flexibility index (Phi) is 4.49. The van der Waals surface area contributed by atoms with Crippen molar-refractivity contribution in [2.75, 3.05) is 0 Å². The SMILES string of the molecule is O=P(Oc1ccccc1)(OC(F)(F)F)OC(F)(F)F. The molecule has 0 aliphatic carbocycles. The Labute approximate surface area is 102 Å². The van der Waals surface area contributed by atoms with Gasteiger partial charge in [0.25, 0.3) is 0 Å². The maximum absolute atomic E-state index is 11.9. The maximum atomic E-state index is 11.9. The van der Waals surface area contributed by atoms with Gasteiger partial charge in [0.05, 0.1) is 0 Å². The highest BCUT2D eigenvalue weighted by Gasteiger charge is 2.51. The van der Waals surface area contributed by atoms with Crippen molar-refractivity contribution in [3.63, 3.8) is 0 Å². The Morgan fingerprint density at radius 3 is 1.63 bits per heavy atom. The third kappa shape index (κ3) is 6.46. The van der Waals surface area contributed by atoms with Gasteiger partial charge >= 0.3 is 20.5 Å². The Bertz CT molecular complexity index is 437. The van der Waals surface area contributed by atoms with E-state index in [0.717, 1.165) is 12.1 Å². The van der Waals surface area contributed by atoms with E-state index < -0.39 is 26.3 Å². The molecule has 19 heavy (non-hydrogen) atoms. The quantitative estimate of drug-likeness (QED) is 0.616. The van der Waals surface area contributed by atoms with Gasteiger partial charge in [-0.1, -0.05) is 18.2 Å². The third-order valence-electron chi connectivity index (χ3n) is 1.39. The fraction of sp³-hybridized carbons (Fsp3) is 0.250. The van der Waals surface area contributed by atoms with Crippen LogP contribution in [0.4, 0.5) is 26.3 Å². The smallest absolute Gasteiger partial charge is 0.404 e. The first-order valence-corrected chi connectivity index (χ1v) is 5.85. The lowest BCUT2D eigenvalue weighted by atomic mass is 10.3. The van der Waals surface area contributed by atoms with Crippen LogP contribution >= 0.6 is 7.82 Å². The highest BCUT2D eigenvalue weighted by Crippen LogP contribution is 2.56. The molecule has 0 spiro atoms. The van der Waals surface area contributed by atoms with Crippen molar-refractivity contribution in [3.8, 4) is 5.75 Å². The Morgan fingerprint density at radius 2 is 1.26 bits per heavy atom. The van der Waals surface area contributed by atoms with E-state index in [1.54, 1.807) is 0 Å². The number of phosphoric acid groups is 1. The number of hydrogen-bond acceptors (Lipinski definition) is 4. The Morgan fingerprint density at radius 1 is 0.842 bits per heavy atom. The van der Waals surface area contributed by atoms with Crippen molar-refractivity contribution >= 4 is 7.82 Å². The zero-order valence-corrected chi connectivity index (χ0v) is 9.63. The summed E-state index contributed by atoms with van der Waals surface area (Å²) < 4.78 is 92.4. The molecule has 1 aromatic carbocycles. The summed E-state index contributed by atoms with van der Waals surface area (Å²) >= 11 is 0. The summed E-state index contributed by atoms with van der Waals surface area (Å²) in [6.07, 6.45) is -11.3. The zero-order chi connectivity index (χ0) is 14.7. The van der Waals surface area contributed by atoms with Crippen LogP contribution in [0, 0.1) is 0 Å². The maximum Gasteiger partial charge on any atom is 0.543 e. The molecule has 0 N–H and O–H groups in total. The summed E-state index contributed by atoms with van der Waals surface area (Å²) in [5.41, 5.74) is 0. The van der Waals surface area contributed by atoms with Gasteiger partial charge in [-0.2, -0.15) is 9.05 Å². The van der Waals surface area contributed by atoms with Crippen molar-refractivity contribution < 1.29 is 44.5 Å². The van der Waals surface area contributed by atoms with Crippen LogP contribution in [0.5, 0.6) is 5.75 Å². The molecular weight excluding hydrogens is 305 g/mol. The Balaban J connectivity index is 2.96. The van der Waals surface area contributed by atoms with Gasteiger partial charge < -0.3 is 4.52 Å². The lowest BCUT2D eigenvalue weighted by Crippen LogP contribution is -2.20. The van der Waals surface area contributed by atoms with Crippen molar-refractivity contribution in [2.45, 2.75) is 12.7 Å². The normalized spacial score (nSPS) is 13.4. The van der Waals surface area contributed by atoms with E-state index in [1.165, 1.54) is 18.2 Å². The van der Waals surface area contributed by atoms with E-state index >= 15 is 0 Å². The van der Waals surface area contributed by atoms with Gasteiger partial charge in [0, 0.05) is 0 Å². The van der Waals surface area contributed by atoms with E-state index in [4.69, 9.17) is 0 Å². The molecule has 0 radical (unpaired) electrons. The molecule has 0 atom stereocenters. The summed E-state index contributed by atoms with van der Waals surface area (Å²) in [5.74, 6) is -0.542. The molecule has 11 heteroatoms. The summed E-state index contributed by atoms with van der Waals surface area (Å²) in [6, 6.07) is 5.84. The standard InChI is InChI=1S/C8H5F6O4P/c9-7(10,11)17-19(15,18-8(12,13)14)16-6-4-2-1-3-5-6/h1-5H. The van der Waals surface area contributed by atoms with E-state index in [-0.39, 0.29) is 0 Å². The number of hydrogen-bond donors (Lipinski definition) is 0. The van der Waals surface area contributed by atoms with Gasteiger partial charge in [0.15, 0.2) is 0 Å². The molecular formula is C8H5F6O4P. The van der Waals surface area contributed by atoms with Gasteiger partial charge in [-0.3, -0.25) is 0 Å². The fourth-order valence-electron chi connectivity index (χ4n) is 0.920. The van der Waals surface area contributed by atoms with Crippen LogP contribution in [-0.2, 0) is 13.6 Å². The molecule has 108 valence electrons. The van der Waals surface area contributed by atoms with E-state index in [2.05, 4.69) is 13.6 Å². The van der Waals surface area contributed by atoms with Gasteiger partial charge in [0.1, 0.15) is 5.75 Å². The first kappa shape index (κ1) is 15.8. The van der Waals surface area contributed by atoms with Crippen LogP contribution in [0.25, 0.3) is 0 Å². The second-order valence-corrected chi connectivity index (χ2v) is 4.37. The fourth-order valence-corrected chi connectivity index (χ4v) is 1.92. The number of phosphoric ester groups is 1. The molecule has 0 bridgehead atoms. The molecule has 0 aliphatic heterocycles. The molecule has 0 amide bonds. The molecule has 0 aromatic heterocycles. The van der Waals surface area contributed by atoms with Crippen LogP contribution in [0.1, 0.15) is 0 Å². The predicted molar refractivity (Wildman–Crippen MR) is 49.0 cm³/mol. The van der Waals surface area contributed by atoms with Crippen molar-refractivity contribution in [3.05, 3.63) is 30.3 Å². The number of alkyl halides is 6. The van der Waals surface area contributed by atoms with Crippen molar-refractivity contribution in [1.29, 1.82) is 0 Å². The van der Waals surface area contributed by atoms with Gasteiger partial charge in [-0.15, -0.1) is 26.3 Å². The van der Waals surface area contributed by atoms with Gasteiger partial charge in [-0.25, -0.2) is 4.57 Å². The summed E-state index contributed by atoms with van der Waals surface area (Å²) in [4.78, 5) is 0. The zero-order valence-electron chi connectivity index (χ0n) is 8.73. The van der Waals surface area contributed by atoms with E-state index in [9.17, 15) is 30.9 Å². The molecule has 0 unspecified atom stereocenters. The minimum Gasteiger partial charge on any atom is -0.404 e. The highest BCUT2D eigenvalue weighted by atomic mass is 31.2. The number of rotatable bonds is 4. The largest absolute Gasteiger partial charge is 0.543 e. The molecule has 1 aromatic rings. The second-order valence-electron chi connectivity index (χ2n) is 2.93. The molecule has 0 fully saturated rings. The predicted octanol–water partition coefficient (Wildman–Crippen LogP) is 4.25. The molecule has 0 heterocycles. The van der Waals surface area contributed by atoms with E-state index in [0.29, 0.717) is 0 Å². The summed E-state index contributed by atoms with van der Waals surface area (Å²) in [7, 11) is -5.93. The third-order valence-corrected chi connectivity index (χ3v) is 2.69. The average molecular weight is 310 g/mol. The van der Waals surface area contributed by atoms with Crippen LogP contribution < -0.4 is 4.52 Å². The summed E-state index contributed by atoms with van der Waals surface area (Å²) in [5, 5.41) is 0. The van der Waals surface area contributed by atoms with Crippen LogP contribution in [0.15, 0.2) is 30.3 Å². The highest BCUT2D eigenvalue weighted by molar-refractivity contribution is 7.49. The second kappa shape index (κ2) is 5.40. The number of benzene rings is 1. The first-order chi connectivity index (χ1) is 8.49. The molecule has 4 nitrogen and oxygen atoms in total. The minimum absolute atomic E-state index is 0.542. The molecule has 0 aliphatic rings. The van der Waals surface area contributed by atoms with Crippen LogP contribution in [-0.4, -0.2) is 12.7 Å². The Hall–Kier alpha value is -1.25. The average Bonchev–Trinajstić information content (AvgIpc) is 2.11. The molecule has 1 rings (SSSR count). The van der Waals surface area contributed by atoms with Crippen LogP contribution in [0.2, 0.25) is 0 Å². The minimum atomic E-state index is -5.93. The van der Waals surface area contributed by atoms with Crippen molar-refractivity contribution in [2.24, 2.45) is 0 Å². The summed E-state index contributed by atoms with van der Waals surface area (Å²) in [6.45, 7) is 0. The van der Waals surface area contributed by atoms with Crippen LogP contribution in [0.3, 0.4) is 0 Å². The topological polar surface area (TPSA) is 44.8 Å². The lowest BCUT2D eigenvalue weighted by Gasteiger charge is -2.20. The number of para-hydroxylation sites is 1. The van der Waals surface area contributed by atoms with E-state index in [1.807, 2.05) is 0 Å². The molecule has 0 saturated carbocycles. The first-order valence-electron chi connectivity index (χ1n) is 4.39. The van der Waals surface area contributed by atoms with Gasteiger partial charge in [0.2, 0.25) is 0 Å². The van der Waals surface area contributed by atoms with Gasteiger partial charge in [-0.05, 0) is 12.1 Å². The lowest BCUT2D eigenvalue weighted by molar-refractivity contribution is -0.312.